The van der Waals surface area contributed by atoms with Crippen molar-refractivity contribution in [3.8, 4) is 0 Å². The standard InChI is InChI=1S/C14H13N3O5S/c15-13(16)14(23(20,21)22,10-4-2-1-3-5-10)11-6-8-12(9-7-11)17(18)19/h1-9H,(H3,15,16)(H,20,21,22). The summed E-state index contributed by atoms with van der Waals surface area (Å²) in [5.74, 6) is -0.819. The van der Waals surface area contributed by atoms with Gasteiger partial charge in [-0.3, -0.25) is 20.1 Å². The monoisotopic (exact) mass is 335 g/mol. The Balaban J connectivity index is 2.82. The van der Waals surface area contributed by atoms with Crippen LogP contribution in [0.1, 0.15) is 11.1 Å². The number of nitro groups is 1. The molecule has 0 spiro atoms. The molecule has 0 saturated heterocycles. The molecule has 23 heavy (non-hydrogen) atoms. The molecule has 1 atom stereocenters. The van der Waals surface area contributed by atoms with Gasteiger partial charge in [0.2, 0.25) is 4.75 Å². The molecule has 0 aliphatic carbocycles. The van der Waals surface area contributed by atoms with Crippen molar-refractivity contribution in [2.45, 2.75) is 4.75 Å². The fourth-order valence-corrected chi connectivity index (χ4v) is 3.55. The highest BCUT2D eigenvalue weighted by atomic mass is 32.2. The minimum Gasteiger partial charge on any atom is -0.386 e. The Hall–Kier alpha value is -2.78. The predicted octanol–water partition coefficient (Wildman–Crippen LogP) is 1.66. The van der Waals surface area contributed by atoms with Gasteiger partial charge >= 0.3 is 0 Å². The molecule has 120 valence electrons. The minimum atomic E-state index is -4.88. The predicted molar refractivity (Wildman–Crippen MR) is 83.8 cm³/mol. The molecule has 0 bridgehead atoms. The van der Waals surface area contributed by atoms with Crippen molar-refractivity contribution in [2.24, 2.45) is 5.73 Å². The zero-order valence-electron chi connectivity index (χ0n) is 11.7. The average Bonchev–Trinajstić information content (AvgIpc) is 2.47. The first kappa shape index (κ1) is 16.6. The van der Waals surface area contributed by atoms with Gasteiger partial charge in [0, 0.05) is 12.1 Å². The van der Waals surface area contributed by atoms with E-state index in [1.54, 1.807) is 6.07 Å². The smallest absolute Gasteiger partial charge is 0.286 e. The summed E-state index contributed by atoms with van der Waals surface area (Å²) in [6.45, 7) is 0. The van der Waals surface area contributed by atoms with E-state index in [1.807, 2.05) is 0 Å². The van der Waals surface area contributed by atoms with Crippen LogP contribution in [0.15, 0.2) is 54.6 Å². The van der Waals surface area contributed by atoms with Gasteiger partial charge in [0.1, 0.15) is 5.84 Å². The zero-order chi connectivity index (χ0) is 17.3. The largest absolute Gasteiger partial charge is 0.386 e. The summed E-state index contributed by atoms with van der Waals surface area (Å²) < 4.78 is 31.7. The van der Waals surface area contributed by atoms with Crippen LogP contribution in [0.2, 0.25) is 0 Å². The number of nitrogens with one attached hydrogen (secondary N) is 1. The summed E-state index contributed by atoms with van der Waals surface area (Å²) in [7, 11) is -4.88. The molecule has 0 aliphatic rings. The molecule has 0 aliphatic heterocycles. The SMILES string of the molecule is N=C(N)C(c1ccccc1)(c1ccc([N+](=O)[O-])cc1)S(=O)(=O)O. The van der Waals surface area contributed by atoms with E-state index in [-0.39, 0.29) is 16.8 Å². The van der Waals surface area contributed by atoms with Crippen LogP contribution in [0.4, 0.5) is 5.69 Å². The minimum absolute atomic E-state index is 0.0591. The molecule has 0 saturated carbocycles. The van der Waals surface area contributed by atoms with Gasteiger partial charge < -0.3 is 5.73 Å². The van der Waals surface area contributed by atoms with Gasteiger partial charge in [-0.15, -0.1) is 0 Å². The van der Waals surface area contributed by atoms with Gasteiger partial charge in [0.15, 0.2) is 0 Å². The van der Waals surface area contributed by atoms with Crippen LogP contribution in [0, 0.1) is 15.5 Å². The molecule has 0 aromatic heterocycles. The van der Waals surface area contributed by atoms with Crippen LogP contribution in [-0.4, -0.2) is 23.7 Å². The van der Waals surface area contributed by atoms with Gasteiger partial charge in [0.05, 0.1) is 4.92 Å². The van der Waals surface area contributed by atoms with E-state index in [4.69, 9.17) is 11.1 Å². The molecule has 0 radical (unpaired) electrons. The number of benzene rings is 2. The number of nitrogens with two attached hydrogens (primary N) is 1. The lowest BCUT2D eigenvalue weighted by atomic mass is 9.89. The number of hydrogen-bond donors (Lipinski definition) is 3. The van der Waals surface area contributed by atoms with Crippen molar-refractivity contribution in [2.75, 3.05) is 0 Å². The maximum Gasteiger partial charge on any atom is 0.286 e. The molecule has 9 heteroatoms. The topological polar surface area (TPSA) is 147 Å². The number of non-ortho nitro benzene ring substituents is 1. The maximum atomic E-state index is 12.1. The average molecular weight is 335 g/mol. The Morgan fingerprint density at radius 2 is 1.57 bits per heavy atom. The first-order valence-electron chi connectivity index (χ1n) is 6.33. The second kappa shape index (κ2) is 5.78. The summed E-state index contributed by atoms with van der Waals surface area (Å²) in [5, 5.41) is 18.5. The lowest BCUT2D eigenvalue weighted by Gasteiger charge is -2.30. The van der Waals surface area contributed by atoms with Crippen molar-refractivity contribution < 1.29 is 17.9 Å². The summed E-state index contributed by atoms with van der Waals surface area (Å²) >= 11 is 0. The normalized spacial score (nSPS) is 14.0. The zero-order valence-corrected chi connectivity index (χ0v) is 12.5. The Labute approximate surface area is 132 Å². The second-order valence-electron chi connectivity index (χ2n) is 4.74. The van der Waals surface area contributed by atoms with Crippen molar-refractivity contribution in [3.63, 3.8) is 0 Å². The Bertz CT molecular complexity index is 850. The first-order chi connectivity index (χ1) is 10.7. The lowest BCUT2D eigenvalue weighted by molar-refractivity contribution is -0.384. The Morgan fingerprint density at radius 1 is 1.09 bits per heavy atom. The van der Waals surface area contributed by atoms with Gasteiger partial charge in [-0.05, 0) is 23.3 Å². The van der Waals surface area contributed by atoms with Crippen molar-refractivity contribution >= 4 is 21.6 Å². The van der Waals surface area contributed by atoms with E-state index in [2.05, 4.69) is 0 Å². The molecule has 0 heterocycles. The molecule has 8 nitrogen and oxygen atoms in total. The first-order valence-corrected chi connectivity index (χ1v) is 7.77. The van der Waals surface area contributed by atoms with Gasteiger partial charge in [0.25, 0.3) is 15.8 Å². The van der Waals surface area contributed by atoms with Gasteiger partial charge in [-0.2, -0.15) is 8.42 Å². The number of hydrogen-bond acceptors (Lipinski definition) is 5. The number of amidine groups is 1. The third-order valence-electron chi connectivity index (χ3n) is 3.43. The van der Waals surface area contributed by atoms with E-state index in [0.29, 0.717) is 0 Å². The van der Waals surface area contributed by atoms with Crippen LogP contribution >= 0.6 is 0 Å². The summed E-state index contributed by atoms with van der Waals surface area (Å²) in [6.07, 6.45) is 0. The molecular weight excluding hydrogens is 322 g/mol. The third-order valence-corrected chi connectivity index (χ3v) is 4.90. The van der Waals surface area contributed by atoms with E-state index >= 15 is 0 Å². The highest BCUT2D eigenvalue weighted by molar-refractivity contribution is 7.87. The summed E-state index contributed by atoms with van der Waals surface area (Å²) in [6, 6.07) is 12.0. The van der Waals surface area contributed by atoms with Crippen LogP contribution in [0.25, 0.3) is 0 Å². The molecule has 2 aromatic rings. The van der Waals surface area contributed by atoms with Crippen molar-refractivity contribution in [1.82, 2.24) is 0 Å². The van der Waals surface area contributed by atoms with Gasteiger partial charge in [-0.1, -0.05) is 30.3 Å². The van der Waals surface area contributed by atoms with Crippen LogP contribution < -0.4 is 5.73 Å². The van der Waals surface area contributed by atoms with Crippen LogP contribution in [0.3, 0.4) is 0 Å². The van der Waals surface area contributed by atoms with E-state index in [9.17, 15) is 23.1 Å². The fourth-order valence-electron chi connectivity index (χ4n) is 2.41. The molecule has 2 rings (SSSR count). The Morgan fingerprint density at radius 3 is 1.96 bits per heavy atom. The molecular formula is C14H13N3O5S. The molecule has 0 fully saturated rings. The molecule has 4 N–H and O–H groups in total. The molecule has 1 unspecified atom stereocenters. The quantitative estimate of drug-likeness (QED) is 0.249. The van der Waals surface area contributed by atoms with Crippen molar-refractivity contribution in [3.05, 3.63) is 75.8 Å². The van der Waals surface area contributed by atoms with E-state index < -0.39 is 25.6 Å². The second-order valence-corrected chi connectivity index (χ2v) is 6.30. The van der Waals surface area contributed by atoms with Crippen LogP contribution in [0.5, 0.6) is 0 Å². The summed E-state index contributed by atoms with van der Waals surface area (Å²) in [4.78, 5) is 10.1. The van der Waals surface area contributed by atoms with Crippen LogP contribution in [-0.2, 0) is 14.9 Å². The summed E-state index contributed by atoms with van der Waals surface area (Å²) in [5.41, 5.74) is 5.27. The Kier molecular flexibility index (Phi) is 4.17. The third kappa shape index (κ3) is 2.67. The highest BCUT2D eigenvalue weighted by Crippen LogP contribution is 2.37. The maximum absolute atomic E-state index is 12.1. The number of nitro benzene ring substituents is 1. The number of nitrogens with zero attached hydrogens (tertiary/aromatic N) is 1. The fraction of sp³-hybridized carbons (Fsp3) is 0.0714. The van der Waals surface area contributed by atoms with Gasteiger partial charge in [-0.25, -0.2) is 0 Å². The lowest BCUT2D eigenvalue weighted by Crippen LogP contribution is -2.48. The molecule has 2 aromatic carbocycles. The van der Waals surface area contributed by atoms with E-state index in [0.717, 1.165) is 24.3 Å². The molecule has 0 amide bonds. The number of rotatable bonds is 5. The highest BCUT2D eigenvalue weighted by Gasteiger charge is 2.50. The van der Waals surface area contributed by atoms with Crippen molar-refractivity contribution in [1.29, 1.82) is 5.41 Å². The van der Waals surface area contributed by atoms with E-state index in [1.165, 1.54) is 24.3 Å².